The quantitative estimate of drug-likeness (QED) is 0.928. The molecule has 0 radical (unpaired) electrons. The molecule has 4 heteroatoms. The number of hydrogen-bond donors (Lipinski definition) is 1. The molecule has 1 N–H and O–H groups in total. The molecule has 0 aliphatic carbocycles. The molecule has 0 unspecified atom stereocenters. The fourth-order valence-corrected chi connectivity index (χ4v) is 1.91. The molecule has 0 aliphatic rings. The van der Waals surface area contributed by atoms with E-state index in [0.29, 0.717) is 0 Å². The molecule has 0 aromatic carbocycles. The summed E-state index contributed by atoms with van der Waals surface area (Å²) in [6.45, 7) is 9.30. The molecule has 0 amide bonds. The van der Waals surface area contributed by atoms with Crippen molar-refractivity contribution in [2.24, 2.45) is 0 Å². The van der Waals surface area contributed by atoms with Crippen molar-refractivity contribution in [2.75, 3.05) is 0 Å². The lowest BCUT2D eigenvalue weighted by molar-refractivity contribution is 0.421. The highest BCUT2D eigenvalue weighted by molar-refractivity contribution is 5.59. The van der Waals surface area contributed by atoms with Gasteiger partial charge in [-0.2, -0.15) is 0 Å². The number of hydrogen-bond acceptors (Lipinski definition) is 4. The van der Waals surface area contributed by atoms with Gasteiger partial charge in [-0.05, 0) is 44.9 Å². The van der Waals surface area contributed by atoms with Gasteiger partial charge in [-0.25, -0.2) is 9.97 Å². The maximum Gasteiger partial charge on any atom is 0.159 e. The third kappa shape index (κ3) is 3.84. The first-order valence-electron chi connectivity index (χ1n) is 7.00. The average Bonchev–Trinajstić information content (AvgIpc) is 2.45. The normalized spacial score (nSPS) is 11.6. The predicted molar refractivity (Wildman–Crippen MR) is 81.2 cm³/mol. The second-order valence-electron chi connectivity index (χ2n) is 5.86. The molecule has 2 aromatic heterocycles. The van der Waals surface area contributed by atoms with Crippen molar-refractivity contribution >= 4 is 0 Å². The Balaban J connectivity index is 2.25. The molecular formula is C16H22N4. The highest BCUT2D eigenvalue weighted by Crippen LogP contribution is 2.19. The van der Waals surface area contributed by atoms with Gasteiger partial charge in [0.05, 0.1) is 5.69 Å². The first-order chi connectivity index (χ1) is 9.49. The van der Waals surface area contributed by atoms with E-state index in [2.05, 4.69) is 48.0 Å². The van der Waals surface area contributed by atoms with Crippen LogP contribution in [0.25, 0.3) is 11.4 Å². The Hall–Kier alpha value is -1.81. The Labute approximate surface area is 120 Å². The monoisotopic (exact) mass is 270 g/mol. The summed E-state index contributed by atoms with van der Waals surface area (Å²) in [5, 5.41) is 3.44. The molecular weight excluding hydrogens is 248 g/mol. The largest absolute Gasteiger partial charge is 0.306 e. The Morgan fingerprint density at radius 2 is 1.95 bits per heavy atom. The van der Waals surface area contributed by atoms with Gasteiger partial charge in [-0.1, -0.05) is 6.92 Å². The summed E-state index contributed by atoms with van der Waals surface area (Å²) in [5.74, 6) is 0.775. The molecule has 0 atom stereocenters. The summed E-state index contributed by atoms with van der Waals surface area (Å²) in [5.41, 5.74) is 3.33. The molecule has 2 aromatic rings. The Morgan fingerprint density at radius 1 is 1.15 bits per heavy atom. The minimum Gasteiger partial charge on any atom is -0.306 e. The second-order valence-corrected chi connectivity index (χ2v) is 5.86. The molecule has 2 heterocycles. The number of rotatable bonds is 4. The number of nitrogens with zero attached hydrogens (tertiary/aromatic N) is 3. The third-order valence-corrected chi connectivity index (χ3v) is 3.04. The van der Waals surface area contributed by atoms with Crippen molar-refractivity contribution in [1.82, 2.24) is 20.3 Å². The zero-order valence-electron chi connectivity index (χ0n) is 12.6. The lowest BCUT2D eigenvalue weighted by atomic mass is 10.1. The van der Waals surface area contributed by atoms with Gasteiger partial charge >= 0.3 is 0 Å². The fraction of sp³-hybridized carbons (Fsp3) is 0.438. The number of aryl methyl sites for hydroxylation is 1. The van der Waals surface area contributed by atoms with Crippen LogP contribution in [-0.2, 0) is 13.0 Å². The van der Waals surface area contributed by atoms with Crippen molar-refractivity contribution in [3.63, 3.8) is 0 Å². The molecule has 0 saturated heterocycles. The van der Waals surface area contributed by atoms with Crippen molar-refractivity contribution in [3.8, 4) is 11.4 Å². The second kappa shape index (κ2) is 6.09. The molecule has 4 nitrogen and oxygen atoms in total. The molecule has 2 rings (SSSR count). The maximum absolute atomic E-state index is 4.65. The Morgan fingerprint density at radius 3 is 2.65 bits per heavy atom. The predicted octanol–water partition coefficient (Wildman–Crippen LogP) is 2.99. The number of pyridine rings is 1. The van der Waals surface area contributed by atoms with E-state index in [1.807, 2.05) is 24.5 Å². The molecule has 0 saturated carbocycles. The van der Waals surface area contributed by atoms with Crippen LogP contribution in [0.5, 0.6) is 0 Å². The standard InChI is InChI=1S/C16H22N4/c1-5-12-10-17-8-7-14(12)15-18-9-6-13(20-15)11-19-16(2,3)4/h6-10,19H,5,11H2,1-4H3. The molecule has 20 heavy (non-hydrogen) atoms. The summed E-state index contributed by atoms with van der Waals surface area (Å²) >= 11 is 0. The lowest BCUT2D eigenvalue weighted by Crippen LogP contribution is -2.35. The number of nitrogens with one attached hydrogen (secondary N) is 1. The first-order valence-corrected chi connectivity index (χ1v) is 7.00. The van der Waals surface area contributed by atoms with Crippen LogP contribution in [0.2, 0.25) is 0 Å². The lowest BCUT2D eigenvalue weighted by Gasteiger charge is -2.20. The van der Waals surface area contributed by atoms with Crippen molar-refractivity contribution in [3.05, 3.63) is 42.0 Å². The van der Waals surface area contributed by atoms with Crippen LogP contribution in [0.3, 0.4) is 0 Å². The van der Waals surface area contributed by atoms with Gasteiger partial charge in [0.2, 0.25) is 0 Å². The topological polar surface area (TPSA) is 50.7 Å². The zero-order valence-corrected chi connectivity index (χ0v) is 12.6. The summed E-state index contributed by atoms with van der Waals surface area (Å²) in [6.07, 6.45) is 6.43. The van der Waals surface area contributed by atoms with Crippen LogP contribution >= 0.6 is 0 Å². The zero-order chi connectivity index (χ0) is 14.6. The molecule has 0 bridgehead atoms. The van der Waals surface area contributed by atoms with Crippen molar-refractivity contribution < 1.29 is 0 Å². The van der Waals surface area contributed by atoms with E-state index in [1.165, 1.54) is 5.56 Å². The minimum atomic E-state index is 0.0797. The van der Waals surface area contributed by atoms with Crippen molar-refractivity contribution in [1.29, 1.82) is 0 Å². The van der Waals surface area contributed by atoms with E-state index in [0.717, 1.165) is 30.0 Å². The van der Waals surface area contributed by atoms with E-state index >= 15 is 0 Å². The van der Waals surface area contributed by atoms with E-state index in [9.17, 15) is 0 Å². The van der Waals surface area contributed by atoms with Crippen LogP contribution in [0, 0.1) is 0 Å². The van der Waals surface area contributed by atoms with Crippen LogP contribution in [-0.4, -0.2) is 20.5 Å². The number of aromatic nitrogens is 3. The van der Waals surface area contributed by atoms with E-state index < -0.39 is 0 Å². The van der Waals surface area contributed by atoms with Gasteiger partial charge in [0.1, 0.15) is 0 Å². The van der Waals surface area contributed by atoms with Gasteiger partial charge < -0.3 is 5.32 Å². The van der Waals surface area contributed by atoms with E-state index in [4.69, 9.17) is 0 Å². The summed E-state index contributed by atoms with van der Waals surface area (Å²) < 4.78 is 0. The van der Waals surface area contributed by atoms with Gasteiger partial charge in [0, 0.05) is 36.2 Å². The molecule has 0 spiro atoms. The highest BCUT2D eigenvalue weighted by atomic mass is 15.0. The minimum absolute atomic E-state index is 0.0797. The van der Waals surface area contributed by atoms with Crippen LogP contribution in [0.1, 0.15) is 39.0 Å². The van der Waals surface area contributed by atoms with Crippen LogP contribution in [0.4, 0.5) is 0 Å². The SMILES string of the molecule is CCc1cnccc1-c1nccc(CNC(C)(C)C)n1. The van der Waals surface area contributed by atoms with Gasteiger partial charge in [-0.3, -0.25) is 4.98 Å². The third-order valence-electron chi connectivity index (χ3n) is 3.04. The molecule has 106 valence electrons. The summed E-state index contributed by atoms with van der Waals surface area (Å²) in [4.78, 5) is 13.2. The van der Waals surface area contributed by atoms with Crippen molar-refractivity contribution in [2.45, 2.75) is 46.2 Å². The fourth-order valence-electron chi connectivity index (χ4n) is 1.91. The van der Waals surface area contributed by atoms with Gasteiger partial charge in [-0.15, -0.1) is 0 Å². The van der Waals surface area contributed by atoms with Gasteiger partial charge in [0.25, 0.3) is 0 Å². The highest BCUT2D eigenvalue weighted by Gasteiger charge is 2.11. The smallest absolute Gasteiger partial charge is 0.159 e. The molecule has 0 aliphatic heterocycles. The Kier molecular flexibility index (Phi) is 4.45. The first kappa shape index (κ1) is 14.6. The van der Waals surface area contributed by atoms with Crippen LogP contribution in [0.15, 0.2) is 30.7 Å². The Bertz CT molecular complexity index is 573. The van der Waals surface area contributed by atoms with Crippen LogP contribution < -0.4 is 5.32 Å². The summed E-state index contributed by atoms with van der Waals surface area (Å²) in [7, 11) is 0. The maximum atomic E-state index is 4.65. The molecule has 0 fully saturated rings. The average molecular weight is 270 g/mol. The van der Waals surface area contributed by atoms with E-state index in [-0.39, 0.29) is 5.54 Å². The summed E-state index contributed by atoms with van der Waals surface area (Å²) in [6, 6.07) is 3.93. The van der Waals surface area contributed by atoms with Gasteiger partial charge in [0.15, 0.2) is 5.82 Å². The van der Waals surface area contributed by atoms with E-state index in [1.54, 1.807) is 6.20 Å².